The quantitative estimate of drug-likeness (QED) is 0.908. The Bertz CT molecular complexity index is 675. The van der Waals surface area contributed by atoms with Gasteiger partial charge in [-0.1, -0.05) is 13.8 Å². The van der Waals surface area contributed by atoms with Gasteiger partial charge in [0, 0.05) is 26.0 Å². The Hall–Kier alpha value is -2.55. The van der Waals surface area contributed by atoms with Crippen LogP contribution in [0.2, 0.25) is 0 Å². The fourth-order valence-corrected chi connectivity index (χ4v) is 2.17. The molecule has 0 fully saturated rings. The topological polar surface area (TPSA) is 75.6 Å². The second-order valence-corrected chi connectivity index (χ2v) is 5.45. The second-order valence-electron chi connectivity index (χ2n) is 5.45. The van der Waals surface area contributed by atoms with E-state index in [1.165, 1.54) is 0 Å². The summed E-state index contributed by atoms with van der Waals surface area (Å²) >= 11 is 0. The fourth-order valence-electron chi connectivity index (χ4n) is 2.17. The highest BCUT2D eigenvalue weighted by Gasteiger charge is 2.12. The highest BCUT2D eigenvalue weighted by atomic mass is 16.1. The molecule has 21 heavy (non-hydrogen) atoms. The first-order chi connectivity index (χ1) is 10.0. The van der Waals surface area contributed by atoms with Crippen LogP contribution in [-0.2, 0) is 20.1 Å². The molecule has 2 rings (SSSR count). The Morgan fingerprint density at radius 1 is 1.52 bits per heavy atom. The lowest BCUT2D eigenvalue weighted by molar-refractivity contribution is 0.0942. The predicted octanol–water partition coefficient (Wildman–Crippen LogP) is 1.68. The zero-order chi connectivity index (χ0) is 15.4. The number of carbonyl (C=O) groups is 1. The molecule has 0 aromatic carbocycles. The van der Waals surface area contributed by atoms with Crippen molar-refractivity contribution >= 4 is 5.91 Å². The number of hydrogen-bond acceptors (Lipinski definition) is 3. The standard InChI is InChI=1S/C15H19N5O/c1-11(2)8-20-10-17-6-13(20)7-18-15(21)14-4-12(5-16)9-19(14)3/h4,6,9-11H,7-8H2,1-3H3,(H,18,21). The Morgan fingerprint density at radius 2 is 2.29 bits per heavy atom. The molecule has 0 spiro atoms. The van der Waals surface area contributed by atoms with Gasteiger partial charge in [-0.2, -0.15) is 5.26 Å². The van der Waals surface area contributed by atoms with Gasteiger partial charge in [0.25, 0.3) is 5.91 Å². The van der Waals surface area contributed by atoms with Crippen LogP contribution in [0.1, 0.15) is 35.6 Å². The summed E-state index contributed by atoms with van der Waals surface area (Å²) < 4.78 is 3.69. The lowest BCUT2D eigenvalue weighted by Gasteiger charge is -2.11. The summed E-state index contributed by atoms with van der Waals surface area (Å²) in [7, 11) is 1.75. The maximum absolute atomic E-state index is 12.2. The number of aromatic nitrogens is 3. The molecule has 0 bridgehead atoms. The molecule has 0 aliphatic heterocycles. The Kier molecular flexibility index (Phi) is 4.43. The van der Waals surface area contributed by atoms with Crippen LogP contribution in [-0.4, -0.2) is 20.0 Å². The minimum Gasteiger partial charge on any atom is -0.345 e. The first-order valence-electron chi connectivity index (χ1n) is 6.85. The number of rotatable bonds is 5. The van der Waals surface area contributed by atoms with Crippen molar-refractivity contribution < 1.29 is 4.79 Å². The van der Waals surface area contributed by atoms with Crippen LogP contribution >= 0.6 is 0 Å². The lowest BCUT2D eigenvalue weighted by Crippen LogP contribution is -2.26. The number of carbonyl (C=O) groups excluding carboxylic acids is 1. The van der Waals surface area contributed by atoms with Gasteiger partial charge in [0.15, 0.2) is 0 Å². The molecule has 6 heteroatoms. The van der Waals surface area contributed by atoms with Crippen LogP contribution in [0.15, 0.2) is 24.8 Å². The van der Waals surface area contributed by atoms with Gasteiger partial charge < -0.3 is 14.5 Å². The van der Waals surface area contributed by atoms with Gasteiger partial charge in [0.2, 0.25) is 0 Å². The van der Waals surface area contributed by atoms with E-state index in [0.717, 1.165) is 12.2 Å². The molecule has 0 unspecified atom stereocenters. The third-order valence-corrected chi connectivity index (χ3v) is 3.16. The number of nitriles is 1. The first-order valence-corrected chi connectivity index (χ1v) is 6.85. The molecule has 1 amide bonds. The van der Waals surface area contributed by atoms with Gasteiger partial charge >= 0.3 is 0 Å². The van der Waals surface area contributed by atoms with Crippen molar-refractivity contribution in [3.63, 3.8) is 0 Å². The average Bonchev–Trinajstić information content (AvgIpc) is 3.02. The van der Waals surface area contributed by atoms with Crippen LogP contribution in [0.4, 0.5) is 0 Å². The summed E-state index contributed by atoms with van der Waals surface area (Å²) in [6, 6.07) is 3.61. The van der Waals surface area contributed by atoms with Gasteiger partial charge in [-0.05, 0) is 12.0 Å². The number of hydrogen-bond donors (Lipinski definition) is 1. The highest BCUT2D eigenvalue weighted by molar-refractivity contribution is 5.93. The smallest absolute Gasteiger partial charge is 0.268 e. The molecule has 0 radical (unpaired) electrons. The first kappa shape index (κ1) is 14.9. The molecule has 2 aromatic heterocycles. The van der Waals surface area contributed by atoms with Crippen LogP contribution in [0.25, 0.3) is 0 Å². The van der Waals surface area contributed by atoms with Gasteiger partial charge in [-0.25, -0.2) is 4.98 Å². The van der Waals surface area contributed by atoms with E-state index in [-0.39, 0.29) is 5.91 Å². The molecule has 0 atom stereocenters. The molecule has 0 saturated heterocycles. The molecule has 1 N–H and O–H groups in total. The van der Waals surface area contributed by atoms with E-state index in [0.29, 0.717) is 23.7 Å². The maximum atomic E-state index is 12.2. The summed E-state index contributed by atoms with van der Waals surface area (Å²) in [4.78, 5) is 16.3. The van der Waals surface area contributed by atoms with Crippen molar-refractivity contribution in [3.05, 3.63) is 41.7 Å². The predicted molar refractivity (Wildman–Crippen MR) is 78.4 cm³/mol. The fraction of sp³-hybridized carbons (Fsp3) is 0.400. The minimum absolute atomic E-state index is 0.198. The number of amides is 1. The third-order valence-electron chi connectivity index (χ3n) is 3.16. The summed E-state index contributed by atoms with van der Waals surface area (Å²) in [5, 5.41) is 11.7. The van der Waals surface area contributed by atoms with Gasteiger partial charge in [-0.3, -0.25) is 4.79 Å². The molecule has 2 heterocycles. The second kappa shape index (κ2) is 6.27. The largest absolute Gasteiger partial charge is 0.345 e. The Balaban J connectivity index is 2.03. The Labute approximate surface area is 124 Å². The van der Waals surface area contributed by atoms with Gasteiger partial charge in [-0.15, -0.1) is 0 Å². The number of imidazole rings is 1. The van der Waals surface area contributed by atoms with E-state index >= 15 is 0 Å². The van der Waals surface area contributed by atoms with Crippen LogP contribution in [0.5, 0.6) is 0 Å². The number of aryl methyl sites for hydroxylation is 1. The van der Waals surface area contributed by atoms with Gasteiger partial charge in [0.1, 0.15) is 11.8 Å². The molecular formula is C15H19N5O. The lowest BCUT2D eigenvalue weighted by atomic mass is 10.2. The number of nitrogens with zero attached hydrogens (tertiary/aromatic N) is 4. The van der Waals surface area contributed by atoms with Crippen molar-refractivity contribution in [3.8, 4) is 6.07 Å². The average molecular weight is 285 g/mol. The van der Waals surface area contributed by atoms with Crippen molar-refractivity contribution in [2.75, 3.05) is 0 Å². The molecule has 0 aliphatic rings. The normalized spacial score (nSPS) is 10.6. The highest BCUT2D eigenvalue weighted by Crippen LogP contribution is 2.08. The van der Waals surface area contributed by atoms with E-state index < -0.39 is 0 Å². The summed E-state index contributed by atoms with van der Waals surface area (Å²) in [6.07, 6.45) is 5.17. The van der Waals surface area contributed by atoms with E-state index in [4.69, 9.17) is 5.26 Å². The molecule has 0 aliphatic carbocycles. The number of nitrogens with one attached hydrogen (secondary N) is 1. The summed E-state index contributed by atoms with van der Waals surface area (Å²) in [6.45, 7) is 5.55. The van der Waals surface area contributed by atoms with Crippen LogP contribution < -0.4 is 5.32 Å². The van der Waals surface area contributed by atoms with Crippen molar-refractivity contribution in [1.29, 1.82) is 5.26 Å². The summed E-state index contributed by atoms with van der Waals surface area (Å²) in [5.74, 6) is 0.316. The molecule has 110 valence electrons. The van der Waals surface area contributed by atoms with E-state index in [1.54, 1.807) is 36.4 Å². The third kappa shape index (κ3) is 3.51. The maximum Gasteiger partial charge on any atom is 0.268 e. The molecule has 2 aromatic rings. The minimum atomic E-state index is -0.198. The van der Waals surface area contributed by atoms with E-state index in [2.05, 4.69) is 24.1 Å². The summed E-state index contributed by atoms with van der Waals surface area (Å²) in [5.41, 5.74) is 1.92. The molecule has 6 nitrogen and oxygen atoms in total. The SMILES string of the molecule is CC(C)Cn1cncc1CNC(=O)c1cc(C#N)cn1C. The Morgan fingerprint density at radius 3 is 2.90 bits per heavy atom. The van der Waals surface area contributed by atoms with Crippen LogP contribution in [0.3, 0.4) is 0 Å². The monoisotopic (exact) mass is 285 g/mol. The van der Waals surface area contributed by atoms with Crippen molar-refractivity contribution in [2.45, 2.75) is 26.9 Å². The van der Waals surface area contributed by atoms with E-state index in [9.17, 15) is 4.79 Å². The van der Waals surface area contributed by atoms with Gasteiger partial charge in [0.05, 0.1) is 24.1 Å². The molecule has 0 saturated carbocycles. The zero-order valence-electron chi connectivity index (χ0n) is 12.5. The van der Waals surface area contributed by atoms with Crippen molar-refractivity contribution in [1.82, 2.24) is 19.4 Å². The van der Waals surface area contributed by atoms with Crippen LogP contribution in [0, 0.1) is 17.2 Å². The molecular weight excluding hydrogens is 266 g/mol. The van der Waals surface area contributed by atoms with Crippen molar-refractivity contribution in [2.24, 2.45) is 13.0 Å². The van der Waals surface area contributed by atoms with E-state index in [1.807, 2.05) is 10.6 Å². The zero-order valence-corrected chi connectivity index (χ0v) is 12.5.